The summed E-state index contributed by atoms with van der Waals surface area (Å²) in [6, 6.07) is 10.8. The van der Waals surface area contributed by atoms with Gasteiger partial charge in [-0.25, -0.2) is 4.39 Å². The number of nitrogens with zero attached hydrogens (tertiary/aromatic N) is 1. The van der Waals surface area contributed by atoms with Crippen LogP contribution in [0.2, 0.25) is 0 Å². The Balaban J connectivity index is 1.50. The average Bonchev–Trinajstić information content (AvgIpc) is 2.73. The Labute approximate surface area is 167 Å². The van der Waals surface area contributed by atoms with Gasteiger partial charge in [-0.15, -0.1) is 0 Å². The molecular formula is C22H21FN2O4. The minimum atomic E-state index is -0.772. The topological polar surface area (TPSA) is 89.7 Å². The van der Waals surface area contributed by atoms with E-state index in [9.17, 15) is 18.8 Å². The molecule has 6 nitrogen and oxygen atoms in total. The van der Waals surface area contributed by atoms with Crippen LogP contribution in [-0.2, 0) is 0 Å². The predicted molar refractivity (Wildman–Crippen MR) is 103 cm³/mol. The van der Waals surface area contributed by atoms with E-state index < -0.39 is 17.6 Å². The van der Waals surface area contributed by atoms with Crippen LogP contribution in [0.5, 0.6) is 5.75 Å². The molecule has 2 N–H and O–H groups in total. The highest BCUT2D eigenvalue weighted by Gasteiger charge is 2.36. The van der Waals surface area contributed by atoms with E-state index in [0.29, 0.717) is 24.4 Å². The van der Waals surface area contributed by atoms with Crippen LogP contribution in [0.4, 0.5) is 4.39 Å². The van der Waals surface area contributed by atoms with Gasteiger partial charge in [0.2, 0.25) is 5.91 Å². The number of carbonyl (C=O) groups is 3. The van der Waals surface area contributed by atoms with Crippen molar-refractivity contribution >= 4 is 17.6 Å². The van der Waals surface area contributed by atoms with Crippen LogP contribution < -0.4 is 10.5 Å². The quantitative estimate of drug-likeness (QED) is 0.864. The van der Waals surface area contributed by atoms with Crippen molar-refractivity contribution in [2.24, 2.45) is 11.7 Å². The van der Waals surface area contributed by atoms with Crippen LogP contribution in [0.25, 0.3) is 0 Å². The maximum absolute atomic E-state index is 14.4. The van der Waals surface area contributed by atoms with E-state index >= 15 is 0 Å². The molecule has 2 aromatic carbocycles. The number of piperidine rings is 1. The van der Waals surface area contributed by atoms with Crippen molar-refractivity contribution in [1.82, 2.24) is 4.90 Å². The Morgan fingerprint density at radius 1 is 1.17 bits per heavy atom. The van der Waals surface area contributed by atoms with Crippen LogP contribution in [0.3, 0.4) is 0 Å². The number of carbonyl (C=O) groups excluding carboxylic acids is 3. The van der Waals surface area contributed by atoms with Gasteiger partial charge < -0.3 is 15.4 Å². The summed E-state index contributed by atoms with van der Waals surface area (Å²) in [6.45, 7) is 0.888. The van der Waals surface area contributed by atoms with E-state index in [0.717, 1.165) is 18.9 Å². The molecule has 2 aliphatic rings. The molecule has 4 rings (SSSR count). The van der Waals surface area contributed by atoms with Crippen molar-refractivity contribution in [2.75, 3.05) is 13.1 Å². The Kier molecular flexibility index (Phi) is 5.05. The summed E-state index contributed by atoms with van der Waals surface area (Å²) in [6.07, 6.45) is 1.53. The smallest absolute Gasteiger partial charge is 0.256 e. The molecule has 7 heteroatoms. The average molecular weight is 396 g/mol. The number of likely N-dealkylation sites (tertiary alicyclic amines) is 1. The summed E-state index contributed by atoms with van der Waals surface area (Å²) in [5.74, 6) is -1.37. The van der Waals surface area contributed by atoms with Gasteiger partial charge >= 0.3 is 0 Å². The van der Waals surface area contributed by atoms with Gasteiger partial charge in [0.1, 0.15) is 17.7 Å². The molecule has 150 valence electrons. The normalized spacial score (nSPS) is 21.3. The van der Waals surface area contributed by atoms with Crippen LogP contribution >= 0.6 is 0 Å². The zero-order valence-corrected chi connectivity index (χ0v) is 15.8. The summed E-state index contributed by atoms with van der Waals surface area (Å²) in [5, 5.41) is 0. The van der Waals surface area contributed by atoms with E-state index in [1.807, 2.05) is 6.07 Å². The zero-order chi connectivity index (χ0) is 20.5. The maximum atomic E-state index is 14.4. The minimum absolute atomic E-state index is 0.0158. The highest BCUT2D eigenvalue weighted by molar-refractivity contribution is 6.00. The first kappa shape index (κ1) is 19.1. The van der Waals surface area contributed by atoms with Gasteiger partial charge in [0.25, 0.3) is 5.91 Å². The molecule has 0 bridgehead atoms. The number of hydrogen-bond donors (Lipinski definition) is 1. The van der Waals surface area contributed by atoms with Crippen molar-refractivity contribution in [3.8, 4) is 5.75 Å². The first-order valence-corrected chi connectivity index (χ1v) is 9.61. The highest BCUT2D eigenvalue weighted by Crippen LogP contribution is 2.33. The fourth-order valence-electron chi connectivity index (χ4n) is 4.07. The standard InChI is InChI=1S/C22H21FN2O4/c23-17-10-13(21(24)27)7-8-15(17)22(28)25-9-3-4-14(12-25)20-11-18(26)16-5-1-2-6-19(16)29-20/h1-2,5-8,10,14,20H,3-4,9,11-12H2,(H2,24,27)/t14-,20-/m1/s1. The van der Waals surface area contributed by atoms with Crippen molar-refractivity contribution in [3.05, 3.63) is 65.0 Å². The summed E-state index contributed by atoms with van der Waals surface area (Å²) in [5.41, 5.74) is 5.66. The van der Waals surface area contributed by atoms with Gasteiger partial charge in [-0.2, -0.15) is 0 Å². The summed E-state index contributed by atoms with van der Waals surface area (Å²) in [4.78, 5) is 38.1. The molecule has 0 saturated carbocycles. The molecule has 0 unspecified atom stereocenters. The number of ether oxygens (including phenoxy) is 1. The van der Waals surface area contributed by atoms with Crippen molar-refractivity contribution in [2.45, 2.75) is 25.4 Å². The number of para-hydroxylation sites is 1. The van der Waals surface area contributed by atoms with Crippen LogP contribution in [0.15, 0.2) is 42.5 Å². The molecule has 0 radical (unpaired) electrons. The van der Waals surface area contributed by atoms with Gasteiger partial charge in [0, 0.05) is 31.0 Å². The molecule has 0 aliphatic carbocycles. The summed E-state index contributed by atoms with van der Waals surface area (Å²) in [7, 11) is 0. The Hall–Kier alpha value is -3.22. The second-order valence-corrected chi connectivity index (χ2v) is 7.49. The van der Waals surface area contributed by atoms with Gasteiger partial charge in [-0.1, -0.05) is 12.1 Å². The highest BCUT2D eigenvalue weighted by atomic mass is 19.1. The molecule has 0 spiro atoms. The van der Waals surface area contributed by atoms with Crippen molar-refractivity contribution in [1.29, 1.82) is 0 Å². The molecule has 29 heavy (non-hydrogen) atoms. The monoisotopic (exact) mass is 396 g/mol. The molecule has 2 heterocycles. The van der Waals surface area contributed by atoms with E-state index in [4.69, 9.17) is 10.5 Å². The van der Waals surface area contributed by atoms with Gasteiger partial charge in [-0.05, 0) is 43.2 Å². The maximum Gasteiger partial charge on any atom is 0.256 e. The second-order valence-electron chi connectivity index (χ2n) is 7.49. The largest absolute Gasteiger partial charge is 0.489 e. The molecule has 2 aromatic rings. The third-order valence-corrected chi connectivity index (χ3v) is 5.61. The van der Waals surface area contributed by atoms with Crippen molar-refractivity contribution in [3.63, 3.8) is 0 Å². The van der Waals surface area contributed by atoms with E-state index in [1.54, 1.807) is 23.1 Å². The number of nitrogens with two attached hydrogens (primary N) is 1. The number of ketones is 1. The molecule has 2 atom stereocenters. The Bertz CT molecular complexity index is 991. The van der Waals surface area contributed by atoms with E-state index in [1.165, 1.54) is 12.1 Å². The van der Waals surface area contributed by atoms with Gasteiger partial charge in [0.05, 0.1) is 11.1 Å². The SMILES string of the molecule is NC(=O)c1ccc(C(=O)N2CCC[C@@H]([C@H]3CC(=O)c4ccccc4O3)C2)c(F)c1. The number of benzene rings is 2. The molecule has 1 fully saturated rings. The molecular weight excluding hydrogens is 375 g/mol. The fraction of sp³-hybridized carbons (Fsp3) is 0.318. The number of fused-ring (bicyclic) bond motifs is 1. The number of Topliss-reactive ketones (excluding diaryl/α,β-unsaturated/α-hetero) is 1. The van der Waals surface area contributed by atoms with E-state index in [2.05, 4.69) is 0 Å². The Morgan fingerprint density at radius 3 is 2.72 bits per heavy atom. The molecule has 2 aliphatic heterocycles. The number of halogens is 1. The lowest BCUT2D eigenvalue weighted by Crippen LogP contribution is -2.46. The number of rotatable bonds is 3. The second kappa shape index (κ2) is 7.66. The zero-order valence-electron chi connectivity index (χ0n) is 15.8. The van der Waals surface area contributed by atoms with Gasteiger partial charge in [-0.3, -0.25) is 14.4 Å². The van der Waals surface area contributed by atoms with E-state index in [-0.39, 0.29) is 35.4 Å². The van der Waals surface area contributed by atoms with Crippen molar-refractivity contribution < 1.29 is 23.5 Å². The lowest BCUT2D eigenvalue weighted by Gasteiger charge is -2.38. The fourth-order valence-corrected chi connectivity index (χ4v) is 4.07. The minimum Gasteiger partial charge on any atom is -0.489 e. The first-order valence-electron chi connectivity index (χ1n) is 9.61. The molecule has 1 saturated heterocycles. The van der Waals surface area contributed by atoms with Crippen LogP contribution in [0.1, 0.15) is 50.3 Å². The summed E-state index contributed by atoms with van der Waals surface area (Å²) < 4.78 is 20.4. The van der Waals surface area contributed by atoms with Gasteiger partial charge in [0.15, 0.2) is 5.78 Å². The third kappa shape index (κ3) is 3.72. The number of amides is 2. The molecule has 0 aromatic heterocycles. The lowest BCUT2D eigenvalue weighted by atomic mass is 9.86. The third-order valence-electron chi connectivity index (χ3n) is 5.61. The first-order chi connectivity index (χ1) is 13.9. The molecule has 2 amide bonds. The van der Waals surface area contributed by atoms with Crippen LogP contribution in [0, 0.1) is 11.7 Å². The predicted octanol–water partition coefficient (Wildman–Crippen LogP) is 2.81. The number of primary amides is 1. The lowest BCUT2D eigenvalue weighted by molar-refractivity contribution is 0.0406. The summed E-state index contributed by atoms with van der Waals surface area (Å²) >= 11 is 0. The Morgan fingerprint density at radius 2 is 1.97 bits per heavy atom. The number of hydrogen-bond acceptors (Lipinski definition) is 4. The van der Waals surface area contributed by atoms with Crippen LogP contribution in [-0.4, -0.2) is 41.7 Å².